The van der Waals surface area contributed by atoms with Gasteiger partial charge >= 0.3 is 0 Å². The summed E-state index contributed by atoms with van der Waals surface area (Å²) in [5, 5.41) is 0. The summed E-state index contributed by atoms with van der Waals surface area (Å²) in [6.45, 7) is 10.4. The summed E-state index contributed by atoms with van der Waals surface area (Å²) in [5.41, 5.74) is 3.85. The van der Waals surface area contributed by atoms with Crippen LogP contribution in [0.2, 0.25) is 0 Å². The Bertz CT molecular complexity index is 1110. The fourth-order valence-electron chi connectivity index (χ4n) is 5.01. The average Bonchev–Trinajstić information content (AvgIpc) is 3.06. The average molecular weight is 484 g/mol. The Morgan fingerprint density at radius 1 is 0.912 bits per heavy atom. The Hall–Kier alpha value is -2.22. The molecule has 0 saturated carbocycles. The predicted molar refractivity (Wildman–Crippen MR) is 135 cm³/mol. The fourth-order valence-corrected chi connectivity index (χ4v) is 6.74. The van der Waals surface area contributed by atoms with E-state index in [1.807, 2.05) is 18.7 Å². The standard InChI is InChI=1S/C27H37N3O3S/c1-21-8-11-24(12-9-21)20-28-14-6-15-29(18-17-28)27(31)26-19-25(13-10-22(26)2)34(32,33)30-16-5-4-7-23(30)3/h8-13,19,23H,4-7,14-18,20H2,1-3H3. The third-order valence-corrected chi connectivity index (χ3v) is 9.20. The molecular weight excluding hydrogens is 446 g/mol. The summed E-state index contributed by atoms with van der Waals surface area (Å²) in [4.78, 5) is 18.0. The second kappa shape index (κ2) is 10.6. The van der Waals surface area contributed by atoms with Gasteiger partial charge in [0.05, 0.1) is 4.90 Å². The van der Waals surface area contributed by atoms with Crippen LogP contribution in [0.15, 0.2) is 47.4 Å². The lowest BCUT2D eigenvalue weighted by molar-refractivity contribution is 0.0760. The minimum atomic E-state index is -3.61. The molecule has 2 aromatic rings. The Labute approximate surface area is 204 Å². The number of nitrogens with zero attached hydrogens (tertiary/aromatic N) is 3. The van der Waals surface area contributed by atoms with Crippen molar-refractivity contribution in [2.45, 2.75) is 63.9 Å². The molecule has 1 amide bonds. The maximum atomic E-state index is 13.5. The van der Waals surface area contributed by atoms with Crippen LogP contribution in [0.5, 0.6) is 0 Å². The van der Waals surface area contributed by atoms with Crippen molar-refractivity contribution in [3.63, 3.8) is 0 Å². The minimum Gasteiger partial charge on any atom is -0.337 e. The third kappa shape index (κ3) is 5.53. The highest BCUT2D eigenvalue weighted by Gasteiger charge is 2.32. The van der Waals surface area contributed by atoms with Gasteiger partial charge in [0.25, 0.3) is 5.91 Å². The van der Waals surface area contributed by atoms with E-state index in [9.17, 15) is 13.2 Å². The zero-order valence-electron chi connectivity index (χ0n) is 20.7. The van der Waals surface area contributed by atoms with Crippen LogP contribution >= 0.6 is 0 Å². The van der Waals surface area contributed by atoms with Crippen LogP contribution in [0.1, 0.15) is 59.7 Å². The number of sulfonamides is 1. The van der Waals surface area contributed by atoms with Gasteiger partial charge < -0.3 is 4.90 Å². The van der Waals surface area contributed by atoms with Gasteiger partial charge in [0, 0.05) is 50.9 Å². The number of rotatable bonds is 5. The highest BCUT2D eigenvalue weighted by Crippen LogP contribution is 2.27. The van der Waals surface area contributed by atoms with Crippen molar-refractivity contribution in [2.24, 2.45) is 0 Å². The van der Waals surface area contributed by atoms with Gasteiger partial charge in [-0.3, -0.25) is 9.69 Å². The van der Waals surface area contributed by atoms with Crippen LogP contribution < -0.4 is 0 Å². The molecule has 0 aliphatic carbocycles. The molecule has 4 rings (SSSR count). The molecule has 2 heterocycles. The number of amides is 1. The molecule has 1 atom stereocenters. The zero-order chi connectivity index (χ0) is 24.3. The van der Waals surface area contributed by atoms with E-state index in [1.165, 1.54) is 11.1 Å². The minimum absolute atomic E-state index is 0.00989. The monoisotopic (exact) mass is 483 g/mol. The molecule has 0 aromatic heterocycles. The molecule has 0 bridgehead atoms. The van der Waals surface area contributed by atoms with E-state index in [0.717, 1.165) is 50.9 Å². The number of hydrogen-bond acceptors (Lipinski definition) is 4. The predicted octanol–water partition coefficient (Wildman–Crippen LogP) is 4.21. The first kappa shape index (κ1) is 24.9. The van der Waals surface area contributed by atoms with E-state index < -0.39 is 10.0 Å². The van der Waals surface area contributed by atoms with Crippen molar-refractivity contribution in [3.8, 4) is 0 Å². The number of benzene rings is 2. The van der Waals surface area contributed by atoms with E-state index in [-0.39, 0.29) is 16.8 Å². The molecular formula is C27H37N3O3S. The number of carbonyl (C=O) groups is 1. The van der Waals surface area contributed by atoms with Crippen molar-refractivity contribution < 1.29 is 13.2 Å². The number of carbonyl (C=O) groups excluding carboxylic acids is 1. The smallest absolute Gasteiger partial charge is 0.254 e. The lowest BCUT2D eigenvalue weighted by atomic mass is 10.1. The van der Waals surface area contributed by atoms with Crippen LogP contribution in [0.4, 0.5) is 0 Å². The van der Waals surface area contributed by atoms with E-state index in [1.54, 1.807) is 22.5 Å². The van der Waals surface area contributed by atoms with Crippen LogP contribution in [0.25, 0.3) is 0 Å². The SMILES string of the molecule is Cc1ccc(CN2CCCN(C(=O)c3cc(S(=O)(=O)N4CCCCC4C)ccc3C)CC2)cc1. The van der Waals surface area contributed by atoms with Crippen LogP contribution in [-0.4, -0.2) is 67.2 Å². The highest BCUT2D eigenvalue weighted by molar-refractivity contribution is 7.89. The van der Waals surface area contributed by atoms with Crippen LogP contribution in [-0.2, 0) is 16.6 Å². The number of piperidine rings is 1. The molecule has 2 saturated heterocycles. The lowest BCUT2D eigenvalue weighted by Crippen LogP contribution is -2.42. The lowest BCUT2D eigenvalue weighted by Gasteiger charge is -2.32. The second-order valence-corrected chi connectivity index (χ2v) is 11.7. The first-order chi connectivity index (χ1) is 16.3. The van der Waals surface area contributed by atoms with Crippen molar-refractivity contribution >= 4 is 15.9 Å². The van der Waals surface area contributed by atoms with Crippen molar-refractivity contribution in [3.05, 3.63) is 64.7 Å². The number of aryl methyl sites for hydroxylation is 2. The van der Waals surface area contributed by atoms with E-state index in [4.69, 9.17) is 0 Å². The molecule has 0 radical (unpaired) electrons. The van der Waals surface area contributed by atoms with Gasteiger partial charge in [0.15, 0.2) is 0 Å². The summed E-state index contributed by atoms with van der Waals surface area (Å²) >= 11 is 0. The van der Waals surface area contributed by atoms with E-state index in [0.29, 0.717) is 25.2 Å². The van der Waals surface area contributed by atoms with Gasteiger partial charge in [-0.15, -0.1) is 0 Å². The molecule has 7 heteroatoms. The van der Waals surface area contributed by atoms with Gasteiger partial charge in [0.1, 0.15) is 0 Å². The molecule has 2 fully saturated rings. The van der Waals surface area contributed by atoms with Crippen molar-refractivity contribution in [1.82, 2.24) is 14.1 Å². The summed E-state index contributed by atoms with van der Waals surface area (Å²) < 4.78 is 28.3. The topological polar surface area (TPSA) is 60.9 Å². The molecule has 34 heavy (non-hydrogen) atoms. The van der Waals surface area contributed by atoms with Crippen molar-refractivity contribution in [1.29, 1.82) is 0 Å². The molecule has 1 unspecified atom stereocenters. The fraction of sp³-hybridized carbons (Fsp3) is 0.519. The Balaban J connectivity index is 1.47. The van der Waals surface area contributed by atoms with Crippen LogP contribution in [0, 0.1) is 13.8 Å². The molecule has 2 aromatic carbocycles. The van der Waals surface area contributed by atoms with Gasteiger partial charge in [-0.05, 0) is 63.3 Å². The van der Waals surface area contributed by atoms with E-state index in [2.05, 4.69) is 36.1 Å². The molecule has 0 spiro atoms. The molecule has 2 aliphatic heterocycles. The highest BCUT2D eigenvalue weighted by atomic mass is 32.2. The maximum Gasteiger partial charge on any atom is 0.254 e. The van der Waals surface area contributed by atoms with Gasteiger partial charge in [-0.25, -0.2) is 8.42 Å². The maximum absolute atomic E-state index is 13.5. The first-order valence-electron chi connectivity index (χ1n) is 12.5. The Kier molecular flexibility index (Phi) is 7.75. The van der Waals surface area contributed by atoms with Gasteiger partial charge in [-0.1, -0.05) is 42.3 Å². The Morgan fingerprint density at radius 2 is 1.68 bits per heavy atom. The summed E-state index contributed by atoms with van der Waals surface area (Å²) in [6, 6.07) is 13.6. The van der Waals surface area contributed by atoms with Crippen molar-refractivity contribution in [2.75, 3.05) is 32.7 Å². The normalized spacial score (nSPS) is 20.8. The summed E-state index contributed by atoms with van der Waals surface area (Å²) in [6.07, 6.45) is 3.72. The molecule has 2 aliphatic rings. The summed E-state index contributed by atoms with van der Waals surface area (Å²) in [7, 11) is -3.61. The van der Waals surface area contributed by atoms with Crippen LogP contribution in [0.3, 0.4) is 0 Å². The molecule has 184 valence electrons. The zero-order valence-corrected chi connectivity index (χ0v) is 21.5. The largest absolute Gasteiger partial charge is 0.337 e. The Morgan fingerprint density at radius 3 is 2.41 bits per heavy atom. The van der Waals surface area contributed by atoms with Gasteiger partial charge in [-0.2, -0.15) is 4.31 Å². The van der Waals surface area contributed by atoms with Gasteiger partial charge in [0.2, 0.25) is 10.0 Å². The summed E-state index contributed by atoms with van der Waals surface area (Å²) in [5.74, 6) is -0.0709. The third-order valence-electron chi connectivity index (χ3n) is 7.19. The first-order valence-corrected chi connectivity index (χ1v) is 13.9. The number of hydrogen-bond donors (Lipinski definition) is 0. The molecule has 6 nitrogen and oxygen atoms in total. The quantitative estimate of drug-likeness (QED) is 0.639. The second-order valence-electron chi connectivity index (χ2n) is 9.84. The van der Waals surface area contributed by atoms with E-state index >= 15 is 0 Å². The molecule has 0 N–H and O–H groups in total.